The van der Waals surface area contributed by atoms with Crippen LogP contribution in [0.25, 0.3) is 0 Å². The molecule has 86 valence electrons. The summed E-state index contributed by atoms with van der Waals surface area (Å²) in [4.78, 5) is 19.9. The van der Waals surface area contributed by atoms with Gasteiger partial charge in [0.1, 0.15) is 5.78 Å². The minimum atomic E-state index is 0.215. The van der Waals surface area contributed by atoms with Crippen molar-refractivity contribution in [2.24, 2.45) is 0 Å². The summed E-state index contributed by atoms with van der Waals surface area (Å²) in [6, 6.07) is 9.50. The maximum atomic E-state index is 11.7. The molecule has 0 aliphatic rings. The number of nitrogens with zero attached hydrogens (tertiary/aromatic N) is 2. The molecule has 3 nitrogen and oxygen atoms in total. The highest BCUT2D eigenvalue weighted by atomic mass is 16.1. The van der Waals surface area contributed by atoms with E-state index in [-0.39, 0.29) is 5.78 Å². The molecule has 0 radical (unpaired) electrons. The summed E-state index contributed by atoms with van der Waals surface area (Å²) in [6.07, 6.45) is 6.96. The predicted octanol–water partition coefficient (Wildman–Crippen LogP) is 2.22. The van der Waals surface area contributed by atoms with Crippen LogP contribution in [0.1, 0.15) is 17.7 Å². The van der Waals surface area contributed by atoms with Crippen LogP contribution in [0, 0.1) is 0 Å². The molecule has 2 heterocycles. The van der Waals surface area contributed by atoms with E-state index in [4.69, 9.17) is 0 Å². The lowest BCUT2D eigenvalue weighted by Gasteiger charge is -2.01. The van der Waals surface area contributed by atoms with Gasteiger partial charge in [0.15, 0.2) is 0 Å². The van der Waals surface area contributed by atoms with Crippen molar-refractivity contribution in [1.29, 1.82) is 0 Å². The Morgan fingerprint density at radius 1 is 1.12 bits per heavy atom. The summed E-state index contributed by atoms with van der Waals surface area (Å²) in [6.45, 7) is 0. The van der Waals surface area contributed by atoms with Crippen LogP contribution in [-0.4, -0.2) is 15.8 Å². The van der Waals surface area contributed by atoms with E-state index in [1.54, 1.807) is 18.6 Å². The van der Waals surface area contributed by atoms with Gasteiger partial charge in [-0.1, -0.05) is 12.1 Å². The number of hydrogen-bond donors (Lipinski definition) is 0. The second-order valence-electron chi connectivity index (χ2n) is 3.90. The third-order valence-electron chi connectivity index (χ3n) is 2.52. The monoisotopic (exact) mass is 226 g/mol. The van der Waals surface area contributed by atoms with Crippen molar-refractivity contribution in [3.8, 4) is 0 Å². The number of carbonyl (C=O) groups excluding carboxylic acids is 1. The smallest absolute Gasteiger partial charge is 0.139 e. The molecule has 3 heteroatoms. The van der Waals surface area contributed by atoms with Gasteiger partial charge in [-0.05, 0) is 30.2 Å². The molecule has 0 aliphatic heterocycles. The maximum Gasteiger partial charge on any atom is 0.139 e. The zero-order valence-corrected chi connectivity index (χ0v) is 9.54. The molecule has 0 bridgehead atoms. The van der Waals surface area contributed by atoms with Gasteiger partial charge in [0.05, 0.1) is 0 Å². The molecule has 2 aromatic heterocycles. The topological polar surface area (TPSA) is 42.9 Å². The Hall–Kier alpha value is -2.03. The van der Waals surface area contributed by atoms with E-state index in [0.717, 1.165) is 17.7 Å². The molecule has 0 saturated carbocycles. The second-order valence-corrected chi connectivity index (χ2v) is 3.90. The molecule has 0 amide bonds. The van der Waals surface area contributed by atoms with E-state index >= 15 is 0 Å². The van der Waals surface area contributed by atoms with Crippen molar-refractivity contribution in [2.75, 3.05) is 0 Å². The van der Waals surface area contributed by atoms with E-state index in [9.17, 15) is 4.79 Å². The Bertz CT molecular complexity index is 468. The fraction of sp³-hybridized carbons (Fsp3) is 0.214. The van der Waals surface area contributed by atoms with Crippen LogP contribution < -0.4 is 0 Å². The first-order valence-corrected chi connectivity index (χ1v) is 5.65. The van der Waals surface area contributed by atoms with Gasteiger partial charge in [-0.15, -0.1) is 0 Å². The summed E-state index contributed by atoms with van der Waals surface area (Å²) in [7, 11) is 0. The SMILES string of the molecule is O=C(CCc1cccnc1)Cc1ccccn1. The van der Waals surface area contributed by atoms with Crippen LogP contribution in [0.4, 0.5) is 0 Å². The Kier molecular flexibility index (Phi) is 3.97. The summed E-state index contributed by atoms with van der Waals surface area (Å²) >= 11 is 0. The average Bonchev–Trinajstić information content (AvgIpc) is 2.39. The zero-order valence-electron chi connectivity index (χ0n) is 9.54. The molecule has 0 aliphatic carbocycles. The van der Waals surface area contributed by atoms with Gasteiger partial charge in [0.2, 0.25) is 0 Å². The van der Waals surface area contributed by atoms with Crippen LogP contribution in [0.2, 0.25) is 0 Å². The average molecular weight is 226 g/mol. The van der Waals surface area contributed by atoms with Gasteiger partial charge in [0, 0.05) is 37.1 Å². The molecule has 0 N–H and O–H groups in total. The van der Waals surface area contributed by atoms with Crippen molar-refractivity contribution in [3.05, 3.63) is 60.2 Å². The zero-order chi connectivity index (χ0) is 11.9. The van der Waals surface area contributed by atoms with E-state index < -0.39 is 0 Å². The van der Waals surface area contributed by atoms with Gasteiger partial charge in [-0.2, -0.15) is 0 Å². The van der Waals surface area contributed by atoms with Gasteiger partial charge in [0.25, 0.3) is 0 Å². The van der Waals surface area contributed by atoms with E-state index in [2.05, 4.69) is 9.97 Å². The molecular formula is C14H14N2O. The third kappa shape index (κ3) is 3.79. The van der Waals surface area contributed by atoms with Crippen molar-refractivity contribution >= 4 is 5.78 Å². The largest absolute Gasteiger partial charge is 0.299 e. The van der Waals surface area contributed by atoms with Crippen LogP contribution >= 0.6 is 0 Å². The molecule has 0 atom stereocenters. The highest BCUT2D eigenvalue weighted by Gasteiger charge is 2.04. The number of ketones is 1. The van der Waals surface area contributed by atoms with Crippen LogP contribution in [-0.2, 0) is 17.6 Å². The Morgan fingerprint density at radius 3 is 2.76 bits per heavy atom. The summed E-state index contributed by atoms with van der Waals surface area (Å²) in [5, 5.41) is 0. The molecule has 17 heavy (non-hydrogen) atoms. The fourth-order valence-corrected chi connectivity index (χ4v) is 1.62. The minimum absolute atomic E-state index is 0.215. The number of aryl methyl sites for hydroxylation is 1. The Balaban J connectivity index is 1.83. The van der Waals surface area contributed by atoms with Crippen LogP contribution in [0.15, 0.2) is 48.9 Å². The highest BCUT2D eigenvalue weighted by Crippen LogP contribution is 2.04. The lowest BCUT2D eigenvalue weighted by atomic mass is 10.1. The molecule has 2 aromatic rings. The van der Waals surface area contributed by atoms with Crippen LogP contribution in [0.5, 0.6) is 0 Å². The quantitative estimate of drug-likeness (QED) is 0.785. The van der Waals surface area contributed by atoms with Crippen LogP contribution in [0.3, 0.4) is 0 Å². The van der Waals surface area contributed by atoms with Gasteiger partial charge in [-0.25, -0.2) is 0 Å². The predicted molar refractivity (Wildman–Crippen MR) is 65.5 cm³/mol. The van der Waals surface area contributed by atoms with E-state index in [1.165, 1.54) is 0 Å². The molecular weight excluding hydrogens is 212 g/mol. The standard InChI is InChI=1S/C14H14N2O/c17-14(10-13-5-1-2-9-16-13)7-6-12-4-3-8-15-11-12/h1-5,8-9,11H,6-7,10H2. The first kappa shape index (κ1) is 11.5. The van der Waals surface area contributed by atoms with E-state index in [1.807, 2.05) is 30.3 Å². The molecule has 0 unspecified atom stereocenters. The normalized spacial score (nSPS) is 10.1. The number of Topliss-reactive ketones (excluding diaryl/α,β-unsaturated/α-hetero) is 1. The van der Waals surface area contributed by atoms with Crippen molar-refractivity contribution < 1.29 is 4.79 Å². The summed E-state index contributed by atoms with van der Waals surface area (Å²) < 4.78 is 0. The maximum absolute atomic E-state index is 11.7. The molecule has 0 spiro atoms. The van der Waals surface area contributed by atoms with Gasteiger partial charge in [-0.3, -0.25) is 14.8 Å². The second kappa shape index (κ2) is 5.89. The lowest BCUT2D eigenvalue weighted by Crippen LogP contribution is -2.05. The van der Waals surface area contributed by atoms with E-state index in [0.29, 0.717) is 12.8 Å². The number of aromatic nitrogens is 2. The minimum Gasteiger partial charge on any atom is -0.299 e. The summed E-state index contributed by atoms with van der Waals surface area (Å²) in [5.41, 5.74) is 1.94. The summed E-state index contributed by atoms with van der Waals surface area (Å²) in [5.74, 6) is 0.215. The number of rotatable bonds is 5. The molecule has 2 rings (SSSR count). The lowest BCUT2D eigenvalue weighted by molar-refractivity contribution is -0.118. The molecule has 0 aromatic carbocycles. The third-order valence-corrected chi connectivity index (χ3v) is 2.52. The number of pyridine rings is 2. The van der Waals surface area contributed by atoms with Gasteiger partial charge < -0.3 is 0 Å². The highest BCUT2D eigenvalue weighted by molar-refractivity contribution is 5.80. The Labute approximate surface area is 101 Å². The van der Waals surface area contributed by atoms with Crippen molar-refractivity contribution in [3.63, 3.8) is 0 Å². The van der Waals surface area contributed by atoms with Crippen molar-refractivity contribution in [1.82, 2.24) is 9.97 Å². The van der Waals surface area contributed by atoms with Crippen molar-refractivity contribution in [2.45, 2.75) is 19.3 Å². The first-order valence-electron chi connectivity index (χ1n) is 5.65. The fourth-order valence-electron chi connectivity index (χ4n) is 1.62. The Morgan fingerprint density at radius 2 is 2.06 bits per heavy atom. The molecule has 0 saturated heterocycles. The molecule has 0 fully saturated rings. The van der Waals surface area contributed by atoms with Gasteiger partial charge >= 0.3 is 0 Å². The number of hydrogen-bond acceptors (Lipinski definition) is 3. The first-order chi connectivity index (χ1) is 8.34. The number of carbonyl (C=O) groups is 1.